The molecule has 194 valence electrons. The van der Waals surface area contributed by atoms with E-state index in [4.69, 9.17) is 5.26 Å². The highest BCUT2D eigenvalue weighted by Crippen LogP contribution is 2.39. The van der Waals surface area contributed by atoms with Gasteiger partial charge in [-0.3, -0.25) is 9.59 Å². The first-order valence-corrected chi connectivity index (χ1v) is 12.1. The van der Waals surface area contributed by atoms with Crippen LogP contribution in [-0.2, 0) is 11.8 Å². The van der Waals surface area contributed by atoms with E-state index in [-0.39, 0.29) is 24.4 Å². The Morgan fingerprint density at radius 2 is 2.03 bits per heavy atom. The van der Waals surface area contributed by atoms with Gasteiger partial charge in [-0.1, -0.05) is 6.07 Å². The molecule has 1 aromatic carbocycles. The van der Waals surface area contributed by atoms with Gasteiger partial charge in [0, 0.05) is 36.8 Å². The number of anilines is 1. The number of halogens is 3. The first-order valence-electron chi connectivity index (χ1n) is 12.1. The molecule has 0 saturated carbocycles. The number of benzene rings is 1. The van der Waals surface area contributed by atoms with E-state index in [2.05, 4.69) is 10.3 Å². The number of rotatable bonds is 4. The van der Waals surface area contributed by atoms with Gasteiger partial charge in [-0.05, 0) is 68.9 Å². The topological polar surface area (TPSA) is 91.0 Å². The van der Waals surface area contributed by atoms with Crippen molar-refractivity contribution in [1.29, 1.82) is 5.26 Å². The zero-order valence-corrected chi connectivity index (χ0v) is 21.1. The molecule has 1 saturated heterocycles. The van der Waals surface area contributed by atoms with E-state index in [0.717, 1.165) is 29.1 Å². The smallest absolute Gasteiger partial charge is 0.339 e. The number of aryl methyl sites for hydroxylation is 2. The van der Waals surface area contributed by atoms with Crippen molar-refractivity contribution < 1.29 is 22.8 Å². The summed E-state index contributed by atoms with van der Waals surface area (Å²) < 4.78 is 41.3. The number of likely N-dealkylation sites (tertiary alicyclic amines) is 1. The van der Waals surface area contributed by atoms with Crippen molar-refractivity contribution in [3.05, 3.63) is 58.9 Å². The quantitative estimate of drug-likeness (QED) is 0.515. The van der Waals surface area contributed by atoms with Gasteiger partial charge in [-0.15, -0.1) is 0 Å². The molecule has 2 amide bonds. The molecule has 7 nitrogen and oxygen atoms in total. The lowest BCUT2D eigenvalue weighted by Gasteiger charge is -2.39. The van der Waals surface area contributed by atoms with Gasteiger partial charge in [0.2, 0.25) is 5.91 Å². The lowest BCUT2D eigenvalue weighted by Crippen LogP contribution is -2.49. The normalized spacial score (nSPS) is 18.9. The molecule has 3 heterocycles. The summed E-state index contributed by atoms with van der Waals surface area (Å²) in [6.07, 6.45) is 0.0434. The Morgan fingerprint density at radius 3 is 2.68 bits per heavy atom. The highest BCUT2D eigenvalue weighted by Gasteiger charge is 2.45. The minimum atomic E-state index is -4.57. The molecule has 0 radical (unpaired) electrons. The Balaban J connectivity index is 1.60. The average Bonchev–Trinajstić information content (AvgIpc) is 3.21. The van der Waals surface area contributed by atoms with Crippen LogP contribution in [0.5, 0.6) is 0 Å². The number of nitrogens with one attached hydrogen (secondary N) is 1. The second kappa shape index (κ2) is 9.88. The van der Waals surface area contributed by atoms with Crippen LogP contribution in [0.15, 0.2) is 36.7 Å². The first-order chi connectivity index (χ1) is 17.4. The Hall–Kier alpha value is -3.87. The molecule has 0 bridgehead atoms. The summed E-state index contributed by atoms with van der Waals surface area (Å²) in [5, 5.41) is 12.9. The number of alkyl halides is 3. The first kappa shape index (κ1) is 26.2. The summed E-state index contributed by atoms with van der Waals surface area (Å²) in [4.78, 5) is 31.3. The summed E-state index contributed by atoms with van der Waals surface area (Å²) in [5.74, 6) is -3.27. The zero-order chi connectivity index (χ0) is 27.1. The van der Waals surface area contributed by atoms with E-state index in [0.29, 0.717) is 29.7 Å². The fourth-order valence-electron chi connectivity index (χ4n) is 5.07. The third kappa shape index (κ3) is 5.03. The number of hydrogen-bond donors (Lipinski definition) is 1. The zero-order valence-electron chi connectivity index (χ0n) is 21.1. The predicted octanol–water partition coefficient (Wildman–Crippen LogP) is 5.30. The van der Waals surface area contributed by atoms with Crippen molar-refractivity contribution in [2.75, 3.05) is 11.9 Å². The van der Waals surface area contributed by atoms with Gasteiger partial charge in [0.1, 0.15) is 11.6 Å². The highest BCUT2D eigenvalue weighted by atomic mass is 19.4. The van der Waals surface area contributed by atoms with Crippen LogP contribution in [0.25, 0.3) is 11.0 Å². The summed E-state index contributed by atoms with van der Waals surface area (Å²) >= 11 is 0. The largest absolute Gasteiger partial charge is 0.400 e. The second-order valence-electron chi connectivity index (χ2n) is 9.70. The van der Waals surface area contributed by atoms with Crippen molar-refractivity contribution in [3.8, 4) is 6.07 Å². The van der Waals surface area contributed by atoms with Gasteiger partial charge in [0.05, 0.1) is 23.5 Å². The molecule has 1 aliphatic heterocycles. The lowest BCUT2D eigenvalue weighted by molar-refractivity contribution is -0.187. The van der Waals surface area contributed by atoms with E-state index in [1.807, 2.05) is 30.8 Å². The Labute approximate surface area is 212 Å². The maximum Gasteiger partial charge on any atom is 0.400 e. The number of fused-ring (bicyclic) bond motifs is 1. The van der Waals surface area contributed by atoms with E-state index >= 15 is 0 Å². The third-order valence-electron chi connectivity index (χ3n) is 7.24. The van der Waals surface area contributed by atoms with E-state index < -0.39 is 18.0 Å². The molecule has 1 aliphatic rings. The highest BCUT2D eigenvalue weighted by molar-refractivity contribution is 6.06. The molecule has 10 heteroatoms. The van der Waals surface area contributed by atoms with E-state index in [1.54, 1.807) is 31.3 Å². The van der Waals surface area contributed by atoms with E-state index in [1.165, 1.54) is 11.0 Å². The van der Waals surface area contributed by atoms with Crippen LogP contribution in [0.1, 0.15) is 59.7 Å². The van der Waals surface area contributed by atoms with Crippen molar-refractivity contribution in [2.45, 2.75) is 51.7 Å². The lowest BCUT2D eigenvalue weighted by atomic mass is 9.84. The van der Waals surface area contributed by atoms with Crippen LogP contribution in [0, 0.1) is 24.2 Å². The number of hydrogen-bond acceptors (Lipinski definition) is 4. The number of amides is 2. The molecular formula is C27H28F3N5O2. The fraction of sp³-hybridized carbons (Fsp3) is 0.407. The number of nitrogens with zero attached hydrogens (tertiary/aromatic N) is 4. The molecule has 0 aliphatic carbocycles. The van der Waals surface area contributed by atoms with Crippen molar-refractivity contribution in [1.82, 2.24) is 14.5 Å². The molecule has 3 aromatic rings. The molecule has 3 atom stereocenters. The number of aromatic nitrogens is 2. The monoisotopic (exact) mass is 511 g/mol. The van der Waals surface area contributed by atoms with Crippen LogP contribution in [0.4, 0.5) is 18.9 Å². The van der Waals surface area contributed by atoms with Crippen LogP contribution >= 0.6 is 0 Å². The Kier molecular flexibility index (Phi) is 7.00. The Morgan fingerprint density at radius 1 is 1.30 bits per heavy atom. The maximum atomic E-state index is 13.1. The molecule has 37 heavy (non-hydrogen) atoms. The predicted molar refractivity (Wildman–Crippen MR) is 133 cm³/mol. The maximum absolute atomic E-state index is 13.1. The average molecular weight is 512 g/mol. The number of carbonyl (C=O) groups is 2. The SMILES string of the molecule is Cc1c(NC(=O)c2cccc(C#N)c2)cnc2c1c([C@@H]1CCN(C(=O)[C@H](C)C(F)(F)F)[C@@H](C)C1)cn2C. The van der Waals surface area contributed by atoms with Gasteiger partial charge in [0.15, 0.2) is 0 Å². The third-order valence-corrected chi connectivity index (χ3v) is 7.24. The number of piperidine rings is 1. The van der Waals surface area contributed by atoms with Gasteiger partial charge < -0.3 is 14.8 Å². The van der Waals surface area contributed by atoms with Crippen molar-refractivity contribution in [2.24, 2.45) is 13.0 Å². The molecule has 1 fully saturated rings. The summed E-state index contributed by atoms with van der Waals surface area (Å²) in [7, 11) is 1.87. The minimum Gasteiger partial charge on any atom is -0.339 e. The van der Waals surface area contributed by atoms with Crippen LogP contribution in [-0.4, -0.2) is 45.0 Å². The fourth-order valence-corrected chi connectivity index (χ4v) is 5.07. The minimum absolute atomic E-state index is 0.0164. The standard InChI is InChI=1S/C27H28F3N5O2/c1-15-10-19(8-9-35(15)26(37)17(3)27(28,29)30)21-14-34(4)24-23(21)16(2)22(13-32-24)33-25(36)20-7-5-6-18(11-20)12-31/h5-7,11,13-15,17,19H,8-10H2,1-4H3,(H,33,36)/t15-,17-,19+/m0/s1. The van der Waals surface area contributed by atoms with Crippen LogP contribution < -0.4 is 5.32 Å². The number of nitriles is 1. The summed E-state index contributed by atoms with van der Waals surface area (Å²) in [6.45, 7) is 4.82. The van der Waals surface area contributed by atoms with Crippen molar-refractivity contribution in [3.63, 3.8) is 0 Å². The van der Waals surface area contributed by atoms with Crippen LogP contribution in [0.3, 0.4) is 0 Å². The van der Waals surface area contributed by atoms with Gasteiger partial charge >= 0.3 is 6.18 Å². The van der Waals surface area contributed by atoms with E-state index in [9.17, 15) is 22.8 Å². The molecule has 1 N–H and O–H groups in total. The molecule has 2 aromatic heterocycles. The van der Waals surface area contributed by atoms with Crippen molar-refractivity contribution >= 4 is 28.5 Å². The van der Waals surface area contributed by atoms with Crippen LogP contribution in [0.2, 0.25) is 0 Å². The second-order valence-corrected chi connectivity index (χ2v) is 9.70. The molecular weight excluding hydrogens is 483 g/mol. The Bertz CT molecular complexity index is 1410. The molecule has 0 spiro atoms. The molecule has 4 rings (SSSR count). The summed E-state index contributed by atoms with van der Waals surface area (Å²) in [5.41, 5.74) is 3.81. The molecule has 0 unspecified atom stereocenters. The number of pyridine rings is 1. The summed E-state index contributed by atoms with van der Waals surface area (Å²) in [6, 6.07) is 8.07. The van der Waals surface area contributed by atoms with Gasteiger partial charge in [-0.25, -0.2) is 4.98 Å². The van der Waals surface area contributed by atoms with Gasteiger partial charge in [0.25, 0.3) is 5.91 Å². The number of carbonyl (C=O) groups excluding carboxylic acids is 2. The van der Waals surface area contributed by atoms with Gasteiger partial charge in [-0.2, -0.15) is 18.4 Å².